The SMILES string of the molecule is CCNC(=O)C(C)Nc1nc(NC)nc(C)c1[N+](=O)[O-]. The fourth-order valence-electron chi connectivity index (χ4n) is 1.60. The molecule has 1 aromatic heterocycles. The third-order valence-electron chi connectivity index (χ3n) is 2.56. The van der Waals surface area contributed by atoms with Gasteiger partial charge in [0.1, 0.15) is 11.7 Å². The number of nitro groups is 1. The van der Waals surface area contributed by atoms with E-state index in [1.54, 1.807) is 20.9 Å². The van der Waals surface area contributed by atoms with Gasteiger partial charge in [-0.1, -0.05) is 0 Å². The van der Waals surface area contributed by atoms with Crippen molar-refractivity contribution in [1.29, 1.82) is 0 Å². The number of hydrogen-bond donors (Lipinski definition) is 3. The molecule has 1 amide bonds. The topological polar surface area (TPSA) is 122 Å². The van der Waals surface area contributed by atoms with E-state index in [-0.39, 0.29) is 29.1 Å². The van der Waals surface area contributed by atoms with Gasteiger partial charge in [-0.05, 0) is 20.8 Å². The van der Waals surface area contributed by atoms with Crippen molar-refractivity contribution >= 4 is 23.4 Å². The molecule has 1 unspecified atom stereocenters. The van der Waals surface area contributed by atoms with E-state index in [1.807, 2.05) is 0 Å². The van der Waals surface area contributed by atoms with Gasteiger partial charge in [0, 0.05) is 13.6 Å². The quantitative estimate of drug-likeness (QED) is 0.517. The highest BCUT2D eigenvalue weighted by molar-refractivity contribution is 5.84. The average molecular weight is 282 g/mol. The minimum absolute atomic E-state index is 0.0191. The van der Waals surface area contributed by atoms with Crippen LogP contribution in [0, 0.1) is 17.0 Å². The fourth-order valence-corrected chi connectivity index (χ4v) is 1.60. The molecule has 20 heavy (non-hydrogen) atoms. The zero-order chi connectivity index (χ0) is 15.3. The average Bonchev–Trinajstić information content (AvgIpc) is 2.37. The second-order valence-electron chi connectivity index (χ2n) is 4.10. The van der Waals surface area contributed by atoms with Gasteiger partial charge in [-0.2, -0.15) is 4.98 Å². The molecular formula is C11H18N6O3. The van der Waals surface area contributed by atoms with Gasteiger partial charge in [-0.25, -0.2) is 4.98 Å². The Balaban J connectivity index is 3.11. The van der Waals surface area contributed by atoms with E-state index in [1.165, 1.54) is 6.92 Å². The molecular weight excluding hydrogens is 264 g/mol. The molecule has 0 aliphatic rings. The van der Waals surface area contributed by atoms with Crippen LogP contribution < -0.4 is 16.0 Å². The predicted molar refractivity (Wildman–Crippen MR) is 74.7 cm³/mol. The summed E-state index contributed by atoms with van der Waals surface area (Å²) < 4.78 is 0. The number of carbonyl (C=O) groups is 1. The highest BCUT2D eigenvalue weighted by Crippen LogP contribution is 2.26. The summed E-state index contributed by atoms with van der Waals surface area (Å²) in [6, 6.07) is -0.646. The van der Waals surface area contributed by atoms with Gasteiger partial charge in [-0.3, -0.25) is 14.9 Å². The van der Waals surface area contributed by atoms with Crippen molar-refractivity contribution in [3.63, 3.8) is 0 Å². The standard InChI is InChI=1S/C11H18N6O3/c1-5-13-10(18)7(3)14-9-8(17(19)20)6(2)15-11(12-4)16-9/h7H,5H2,1-4H3,(H,13,18)(H2,12,14,15,16). The van der Waals surface area contributed by atoms with Crippen LogP contribution in [-0.4, -0.2) is 40.4 Å². The largest absolute Gasteiger partial charge is 0.357 e. The number of aryl methyl sites for hydroxylation is 1. The molecule has 0 aliphatic carbocycles. The summed E-state index contributed by atoms with van der Waals surface area (Å²) in [5.41, 5.74) is -0.0138. The Kier molecular flexibility index (Phi) is 5.18. The van der Waals surface area contributed by atoms with Crippen LogP contribution in [0.2, 0.25) is 0 Å². The number of carbonyl (C=O) groups excluding carboxylic acids is 1. The zero-order valence-electron chi connectivity index (χ0n) is 11.9. The Morgan fingerprint density at radius 2 is 2.10 bits per heavy atom. The second-order valence-corrected chi connectivity index (χ2v) is 4.10. The van der Waals surface area contributed by atoms with Crippen LogP contribution in [-0.2, 0) is 4.79 Å². The third-order valence-corrected chi connectivity index (χ3v) is 2.56. The van der Waals surface area contributed by atoms with Crippen LogP contribution in [0.1, 0.15) is 19.5 Å². The molecule has 110 valence electrons. The Hall–Kier alpha value is -2.45. The monoisotopic (exact) mass is 282 g/mol. The van der Waals surface area contributed by atoms with Gasteiger partial charge in [0.05, 0.1) is 4.92 Å². The molecule has 0 radical (unpaired) electrons. The summed E-state index contributed by atoms with van der Waals surface area (Å²) in [6.07, 6.45) is 0. The molecule has 9 nitrogen and oxygen atoms in total. The Bertz CT molecular complexity index is 519. The number of amides is 1. The first-order chi connectivity index (χ1) is 9.40. The number of rotatable bonds is 6. The van der Waals surface area contributed by atoms with E-state index < -0.39 is 11.0 Å². The molecule has 9 heteroatoms. The number of aromatic nitrogens is 2. The van der Waals surface area contributed by atoms with Gasteiger partial charge < -0.3 is 16.0 Å². The van der Waals surface area contributed by atoms with Crippen molar-refractivity contribution in [2.45, 2.75) is 26.8 Å². The van der Waals surface area contributed by atoms with E-state index in [2.05, 4.69) is 25.9 Å². The van der Waals surface area contributed by atoms with Crippen LogP contribution in [0.5, 0.6) is 0 Å². The van der Waals surface area contributed by atoms with Gasteiger partial charge in [-0.15, -0.1) is 0 Å². The number of anilines is 2. The molecule has 0 aromatic carbocycles. The molecule has 0 saturated carbocycles. The number of nitrogens with zero attached hydrogens (tertiary/aromatic N) is 3. The van der Waals surface area contributed by atoms with Crippen molar-refractivity contribution in [1.82, 2.24) is 15.3 Å². The summed E-state index contributed by atoms with van der Waals surface area (Å²) >= 11 is 0. The van der Waals surface area contributed by atoms with E-state index in [4.69, 9.17) is 0 Å². The lowest BCUT2D eigenvalue weighted by atomic mass is 10.3. The maximum Gasteiger partial charge on any atom is 0.332 e. The molecule has 1 heterocycles. The maximum atomic E-state index is 11.7. The van der Waals surface area contributed by atoms with Crippen molar-refractivity contribution in [3.8, 4) is 0 Å². The zero-order valence-corrected chi connectivity index (χ0v) is 11.9. The van der Waals surface area contributed by atoms with Crippen LogP contribution >= 0.6 is 0 Å². The normalized spacial score (nSPS) is 11.6. The summed E-state index contributed by atoms with van der Waals surface area (Å²) in [4.78, 5) is 30.1. The Morgan fingerprint density at radius 3 is 2.60 bits per heavy atom. The first-order valence-electron chi connectivity index (χ1n) is 6.15. The predicted octanol–water partition coefficient (Wildman–Crippen LogP) is 0.671. The molecule has 0 spiro atoms. The van der Waals surface area contributed by atoms with Gasteiger partial charge >= 0.3 is 5.69 Å². The molecule has 1 aromatic rings. The highest BCUT2D eigenvalue weighted by atomic mass is 16.6. The van der Waals surface area contributed by atoms with Crippen LogP contribution in [0.3, 0.4) is 0 Å². The molecule has 0 saturated heterocycles. The summed E-state index contributed by atoms with van der Waals surface area (Å²) in [5, 5.41) is 19.2. The Labute approximate surface area is 116 Å². The van der Waals surface area contributed by atoms with E-state index in [0.29, 0.717) is 6.54 Å². The number of nitrogens with one attached hydrogen (secondary N) is 3. The van der Waals surface area contributed by atoms with Gasteiger partial charge in [0.15, 0.2) is 0 Å². The van der Waals surface area contributed by atoms with E-state index in [0.717, 1.165) is 0 Å². The van der Waals surface area contributed by atoms with E-state index in [9.17, 15) is 14.9 Å². The third kappa shape index (κ3) is 3.53. The lowest BCUT2D eigenvalue weighted by molar-refractivity contribution is -0.385. The highest BCUT2D eigenvalue weighted by Gasteiger charge is 2.24. The summed E-state index contributed by atoms with van der Waals surface area (Å²) in [6.45, 7) is 5.40. The Morgan fingerprint density at radius 1 is 1.45 bits per heavy atom. The van der Waals surface area contributed by atoms with Gasteiger partial charge in [0.2, 0.25) is 17.7 Å². The minimum Gasteiger partial charge on any atom is -0.357 e. The molecule has 1 rings (SSSR count). The first-order valence-corrected chi connectivity index (χ1v) is 6.15. The summed E-state index contributed by atoms with van der Waals surface area (Å²) in [5.74, 6) is 0.00775. The number of hydrogen-bond acceptors (Lipinski definition) is 7. The van der Waals surface area contributed by atoms with Crippen molar-refractivity contribution < 1.29 is 9.72 Å². The molecule has 3 N–H and O–H groups in total. The molecule has 0 fully saturated rings. The van der Waals surface area contributed by atoms with Gasteiger partial charge in [0.25, 0.3) is 0 Å². The first kappa shape index (κ1) is 15.6. The maximum absolute atomic E-state index is 11.7. The number of likely N-dealkylation sites (N-methyl/N-ethyl adjacent to an activating group) is 1. The smallest absolute Gasteiger partial charge is 0.332 e. The fraction of sp³-hybridized carbons (Fsp3) is 0.545. The second kappa shape index (κ2) is 6.64. The van der Waals surface area contributed by atoms with Crippen LogP contribution in [0.4, 0.5) is 17.5 Å². The summed E-state index contributed by atoms with van der Waals surface area (Å²) in [7, 11) is 1.61. The lowest BCUT2D eigenvalue weighted by Crippen LogP contribution is -2.37. The van der Waals surface area contributed by atoms with Crippen molar-refractivity contribution in [3.05, 3.63) is 15.8 Å². The minimum atomic E-state index is -0.646. The molecule has 0 aliphatic heterocycles. The van der Waals surface area contributed by atoms with Crippen LogP contribution in [0.25, 0.3) is 0 Å². The van der Waals surface area contributed by atoms with Crippen molar-refractivity contribution in [2.75, 3.05) is 24.2 Å². The molecule has 0 bridgehead atoms. The van der Waals surface area contributed by atoms with Crippen LogP contribution in [0.15, 0.2) is 0 Å². The molecule has 1 atom stereocenters. The van der Waals surface area contributed by atoms with E-state index >= 15 is 0 Å². The van der Waals surface area contributed by atoms with Crippen molar-refractivity contribution in [2.24, 2.45) is 0 Å². The lowest BCUT2D eigenvalue weighted by Gasteiger charge is -2.15.